The first-order valence-corrected chi connectivity index (χ1v) is 5.18. The molecule has 0 aliphatic heterocycles. The fourth-order valence-electron chi connectivity index (χ4n) is 0.408. The van der Waals surface area contributed by atoms with Gasteiger partial charge in [-0.25, -0.2) is 0 Å². The van der Waals surface area contributed by atoms with Crippen LogP contribution in [-0.2, 0) is 28.8 Å². The SMILES string of the molecule is O=C([O-])/C=C/C(=O)[O-].O=C([O-])/C=C/C(=O)[O-].O=C([O-])/C=C/C(=O)[O-].[Er+3].[Er+3]. The first kappa shape index (κ1) is 35.6. The van der Waals surface area contributed by atoms with Crippen LogP contribution >= 0.6 is 0 Å². The van der Waals surface area contributed by atoms with Crippen LogP contribution in [0.1, 0.15) is 0 Å². The average molecular weight is 677 g/mol. The molecule has 0 spiro atoms. The molecule has 0 aliphatic rings. The van der Waals surface area contributed by atoms with E-state index in [9.17, 15) is 59.4 Å². The standard InChI is InChI=1S/3C4H4O4.2Er/c3*5-3(6)1-2-4(7)8;;/h3*1-2H,(H,5,6)(H,7,8);;/q;;;2*+3/p-6/b3*2-1+;;. The number of carboxylic acid groups (broad SMARTS) is 6. The summed E-state index contributed by atoms with van der Waals surface area (Å²) in [6, 6.07) is 0. The molecule has 26 heavy (non-hydrogen) atoms. The zero-order valence-corrected chi connectivity index (χ0v) is 15.6. The van der Waals surface area contributed by atoms with Crippen LogP contribution in [0.2, 0.25) is 0 Å². The molecule has 0 saturated carbocycles. The molecule has 0 rings (SSSR count). The smallest absolute Gasteiger partial charge is 0.545 e. The maximum atomic E-state index is 9.41. The van der Waals surface area contributed by atoms with E-state index < -0.39 is 35.8 Å². The Morgan fingerprint density at radius 2 is 0.423 bits per heavy atom. The largest absolute Gasteiger partial charge is 3.00 e. The molecule has 0 N–H and O–H groups in total. The van der Waals surface area contributed by atoms with Crippen LogP contribution < -0.4 is 30.6 Å². The third-order valence-electron chi connectivity index (χ3n) is 1.07. The number of aliphatic carboxylic acids is 6. The van der Waals surface area contributed by atoms with Gasteiger partial charge in [-0.2, -0.15) is 0 Å². The van der Waals surface area contributed by atoms with E-state index in [1.54, 1.807) is 0 Å². The molecule has 12 nitrogen and oxygen atoms in total. The van der Waals surface area contributed by atoms with Crippen LogP contribution in [0, 0.1) is 74.6 Å². The molecule has 0 aromatic heterocycles. The fourth-order valence-corrected chi connectivity index (χ4v) is 0.408. The molecule has 0 aromatic rings. The van der Waals surface area contributed by atoms with Crippen LogP contribution in [0.4, 0.5) is 0 Å². The van der Waals surface area contributed by atoms with E-state index in [4.69, 9.17) is 0 Å². The monoisotopic (exact) mass is 674 g/mol. The molecule has 0 fully saturated rings. The van der Waals surface area contributed by atoms with Gasteiger partial charge in [0.2, 0.25) is 0 Å². The summed E-state index contributed by atoms with van der Waals surface area (Å²) in [5.41, 5.74) is 0. The van der Waals surface area contributed by atoms with Gasteiger partial charge in [0.1, 0.15) is 0 Å². The Morgan fingerprint density at radius 1 is 0.346 bits per heavy atom. The molecule has 0 bridgehead atoms. The fraction of sp³-hybridized carbons (Fsp3) is 0. The van der Waals surface area contributed by atoms with Gasteiger partial charge in [0.05, 0.1) is 35.8 Å². The predicted octanol–water partition coefficient (Wildman–Crippen LogP) is -8.87. The molecule has 150 valence electrons. The number of carbonyl (C=O) groups is 6. The second-order valence-corrected chi connectivity index (χ2v) is 2.91. The Labute approximate surface area is 204 Å². The van der Waals surface area contributed by atoms with Crippen molar-refractivity contribution < 1.29 is 134 Å². The second kappa shape index (κ2) is 23.5. The van der Waals surface area contributed by atoms with E-state index in [1.165, 1.54) is 0 Å². The van der Waals surface area contributed by atoms with Crippen molar-refractivity contribution in [2.45, 2.75) is 0 Å². The van der Waals surface area contributed by atoms with Crippen molar-refractivity contribution in [3.05, 3.63) is 36.5 Å². The topological polar surface area (TPSA) is 241 Å². The van der Waals surface area contributed by atoms with E-state index in [0.717, 1.165) is 0 Å². The predicted molar refractivity (Wildman–Crippen MR) is 57.5 cm³/mol. The molecule has 0 aromatic carbocycles. The minimum Gasteiger partial charge on any atom is -0.545 e. The third kappa shape index (κ3) is 57.0. The Morgan fingerprint density at radius 3 is 0.462 bits per heavy atom. The second-order valence-electron chi connectivity index (χ2n) is 2.91. The van der Waals surface area contributed by atoms with Crippen LogP contribution in [0.3, 0.4) is 0 Å². The van der Waals surface area contributed by atoms with Gasteiger partial charge >= 0.3 is 74.6 Å². The van der Waals surface area contributed by atoms with Crippen molar-refractivity contribution in [2.75, 3.05) is 0 Å². The minimum absolute atomic E-state index is 0. The summed E-state index contributed by atoms with van der Waals surface area (Å²) in [7, 11) is 0. The summed E-state index contributed by atoms with van der Waals surface area (Å²) in [5, 5.41) is 56.5. The van der Waals surface area contributed by atoms with Crippen molar-refractivity contribution in [3.8, 4) is 0 Å². The van der Waals surface area contributed by atoms with E-state index in [1.807, 2.05) is 0 Å². The van der Waals surface area contributed by atoms with Crippen LogP contribution in [0.5, 0.6) is 0 Å². The molecule has 0 unspecified atom stereocenters. The number of hydrogen-bond donors (Lipinski definition) is 0. The quantitative estimate of drug-likeness (QED) is 0.238. The zero-order valence-electron chi connectivity index (χ0n) is 11.9. The first-order chi connectivity index (χ1) is 10.9. The number of rotatable bonds is 6. The maximum Gasteiger partial charge on any atom is 3.00 e. The Hall–Kier alpha value is -1.47. The molecule has 0 heterocycles. The molecule has 0 atom stereocenters. The van der Waals surface area contributed by atoms with E-state index in [0.29, 0.717) is 36.5 Å². The van der Waals surface area contributed by atoms with E-state index in [2.05, 4.69) is 0 Å². The maximum absolute atomic E-state index is 9.41. The summed E-state index contributed by atoms with van der Waals surface area (Å²) in [5.74, 6) is -9.28. The first-order valence-electron chi connectivity index (χ1n) is 5.18. The van der Waals surface area contributed by atoms with Crippen molar-refractivity contribution >= 4 is 35.8 Å². The molecule has 0 amide bonds. The summed E-state index contributed by atoms with van der Waals surface area (Å²) in [4.78, 5) is 56.5. The summed E-state index contributed by atoms with van der Waals surface area (Å²) in [6.07, 6.45) is 2.31. The van der Waals surface area contributed by atoms with Crippen molar-refractivity contribution in [2.24, 2.45) is 0 Å². The van der Waals surface area contributed by atoms with Gasteiger partial charge in [-0.1, -0.05) is 0 Å². The zero-order chi connectivity index (χ0) is 19.7. The van der Waals surface area contributed by atoms with Gasteiger partial charge in [-0.05, 0) is 36.5 Å². The average Bonchev–Trinajstić information content (AvgIpc) is 2.42. The molecule has 0 aliphatic carbocycles. The Bertz CT molecular complexity index is 448. The van der Waals surface area contributed by atoms with Gasteiger partial charge in [-0.3, -0.25) is 0 Å². The summed E-state index contributed by atoms with van der Waals surface area (Å²) in [6.45, 7) is 0. The van der Waals surface area contributed by atoms with Gasteiger partial charge in [-0.15, -0.1) is 0 Å². The van der Waals surface area contributed by atoms with E-state index >= 15 is 0 Å². The van der Waals surface area contributed by atoms with Crippen molar-refractivity contribution in [1.82, 2.24) is 0 Å². The summed E-state index contributed by atoms with van der Waals surface area (Å²) >= 11 is 0. The summed E-state index contributed by atoms with van der Waals surface area (Å²) < 4.78 is 0. The van der Waals surface area contributed by atoms with Crippen LogP contribution in [0.15, 0.2) is 36.5 Å². The number of hydrogen-bond acceptors (Lipinski definition) is 12. The number of carboxylic acids is 6. The number of carbonyl (C=O) groups excluding carboxylic acids is 6. The molecule has 2 radical (unpaired) electrons. The van der Waals surface area contributed by atoms with E-state index in [-0.39, 0.29) is 74.6 Å². The van der Waals surface area contributed by atoms with Crippen LogP contribution in [-0.4, -0.2) is 35.8 Å². The van der Waals surface area contributed by atoms with Gasteiger partial charge < -0.3 is 59.4 Å². The molecule has 14 heteroatoms. The Kier molecular flexibility index (Phi) is 32.2. The normalized spacial score (nSPS) is 8.77. The molecule has 0 saturated heterocycles. The Balaban J connectivity index is -0.0000000817. The van der Waals surface area contributed by atoms with Crippen molar-refractivity contribution in [1.29, 1.82) is 0 Å². The van der Waals surface area contributed by atoms with Gasteiger partial charge in [0.15, 0.2) is 0 Å². The minimum atomic E-state index is -1.55. The van der Waals surface area contributed by atoms with Crippen molar-refractivity contribution in [3.63, 3.8) is 0 Å². The van der Waals surface area contributed by atoms with Crippen LogP contribution in [0.25, 0.3) is 0 Å². The molecular formula is C12H6Er2O12. The molecular weight excluding hydrogens is 671 g/mol. The van der Waals surface area contributed by atoms with Gasteiger partial charge in [0, 0.05) is 0 Å². The third-order valence-corrected chi connectivity index (χ3v) is 1.07. The van der Waals surface area contributed by atoms with Gasteiger partial charge in [0.25, 0.3) is 0 Å².